The number of halogens is 2. The van der Waals surface area contributed by atoms with Crippen LogP contribution in [0.2, 0.25) is 0 Å². The van der Waals surface area contributed by atoms with Gasteiger partial charge in [0.15, 0.2) is 0 Å². The van der Waals surface area contributed by atoms with Gasteiger partial charge >= 0.3 is 6.09 Å². The van der Waals surface area contributed by atoms with Gasteiger partial charge in [-0.3, -0.25) is 4.79 Å². The smallest absolute Gasteiger partial charge is 0.410 e. The van der Waals surface area contributed by atoms with Crippen LogP contribution in [0.3, 0.4) is 0 Å². The summed E-state index contributed by atoms with van der Waals surface area (Å²) in [5.41, 5.74) is -0.00669. The van der Waals surface area contributed by atoms with E-state index in [1.807, 2.05) is 0 Å². The number of hydrazone groups is 1. The number of alkyl halides is 2. The Bertz CT molecular complexity index is 548. The van der Waals surface area contributed by atoms with Crippen LogP contribution >= 0.6 is 0 Å². The van der Waals surface area contributed by atoms with Crippen molar-refractivity contribution in [2.75, 3.05) is 20.1 Å². The van der Waals surface area contributed by atoms with Crippen molar-refractivity contribution in [1.29, 1.82) is 0 Å². The fourth-order valence-electron chi connectivity index (χ4n) is 2.96. The lowest BCUT2D eigenvalue weighted by Gasteiger charge is -2.29. The molecule has 0 N–H and O–H groups in total. The Kier molecular flexibility index (Phi) is 5.68. The van der Waals surface area contributed by atoms with Crippen LogP contribution in [0.4, 0.5) is 13.6 Å². The molecule has 0 saturated heterocycles. The lowest BCUT2D eigenvalue weighted by Crippen LogP contribution is -2.37. The maximum absolute atomic E-state index is 13.2. The van der Waals surface area contributed by atoms with Crippen LogP contribution in [-0.2, 0) is 9.53 Å². The summed E-state index contributed by atoms with van der Waals surface area (Å²) < 4.78 is 31.7. The van der Waals surface area contributed by atoms with Crippen molar-refractivity contribution in [2.24, 2.45) is 11.0 Å². The number of carbonyl (C=O) groups is 2. The number of ether oxygens (including phenoxy) is 1. The molecule has 0 bridgehead atoms. The monoisotopic (exact) mass is 359 g/mol. The fourth-order valence-corrected chi connectivity index (χ4v) is 2.96. The molecule has 142 valence electrons. The Morgan fingerprint density at radius 3 is 2.52 bits per heavy atom. The SMILES string of the molecule is CN(CC1=NN(CC2CCC(F)(F)CC2)C(=O)C1)C(=O)OC(C)(C)C. The number of hydrogen-bond acceptors (Lipinski definition) is 4. The van der Waals surface area contributed by atoms with Crippen molar-refractivity contribution in [3.8, 4) is 0 Å². The lowest BCUT2D eigenvalue weighted by atomic mass is 9.86. The first kappa shape index (κ1) is 19.6. The topological polar surface area (TPSA) is 62.2 Å². The third-order valence-corrected chi connectivity index (χ3v) is 4.30. The molecule has 1 aliphatic carbocycles. The third kappa shape index (κ3) is 5.93. The quantitative estimate of drug-likeness (QED) is 0.774. The van der Waals surface area contributed by atoms with Crippen molar-refractivity contribution in [1.82, 2.24) is 9.91 Å². The molecule has 0 atom stereocenters. The third-order valence-electron chi connectivity index (χ3n) is 4.30. The predicted octanol–water partition coefficient (Wildman–Crippen LogP) is 3.27. The van der Waals surface area contributed by atoms with Crippen molar-refractivity contribution in [3.63, 3.8) is 0 Å². The largest absolute Gasteiger partial charge is 0.444 e. The minimum atomic E-state index is -2.57. The van der Waals surface area contributed by atoms with Gasteiger partial charge in [0.25, 0.3) is 0 Å². The lowest BCUT2D eigenvalue weighted by molar-refractivity contribution is -0.129. The average molecular weight is 359 g/mol. The summed E-state index contributed by atoms with van der Waals surface area (Å²) in [4.78, 5) is 25.4. The van der Waals surface area contributed by atoms with Gasteiger partial charge in [0, 0.05) is 26.4 Å². The molecule has 2 amide bonds. The van der Waals surface area contributed by atoms with E-state index in [0.717, 1.165) is 0 Å². The second-order valence-electron chi connectivity index (χ2n) is 7.95. The van der Waals surface area contributed by atoms with E-state index < -0.39 is 17.6 Å². The minimum absolute atomic E-state index is 0.0512. The van der Waals surface area contributed by atoms with Gasteiger partial charge in [0.05, 0.1) is 18.7 Å². The molecule has 1 aliphatic heterocycles. The molecule has 1 heterocycles. The van der Waals surface area contributed by atoms with Crippen LogP contribution in [0, 0.1) is 5.92 Å². The summed E-state index contributed by atoms with van der Waals surface area (Å²) in [7, 11) is 1.59. The summed E-state index contributed by atoms with van der Waals surface area (Å²) in [5.74, 6) is -2.67. The summed E-state index contributed by atoms with van der Waals surface area (Å²) in [5, 5.41) is 5.65. The van der Waals surface area contributed by atoms with E-state index in [1.165, 1.54) is 9.91 Å². The molecule has 0 unspecified atom stereocenters. The van der Waals surface area contributed by atoms with Crippen molar-refractivity contribution in [2.45, 2.75) is 64.4 Å². The highest BCUT2D eigenvalue weighted by molar-refractivity contribution is 6.06. The summed E-state index contributed by atoms with van der Waals surface area (Å²) in [6, 6.07) is 0. The highest BCUT2D eigenvalue weighted by Crippen LogP contribution is 2.36. The number of amides is 2. The second kappa shape index (κ2) is 7.25. The molecule has 0 aromatic heterocycles. The van der Waals surface area contributed by atoms with E-state index in [0.29, 0.717) is 25.1 Å². The standard InChI is InChI=1S/C17H27F2N3O3/c1-16(2,3)25-15(24)21(4)11-13-9-14(23)22(20-13)10-12-5-7-17(18,19)8-6-12/h12H,5-11H2,1-4H3. The normalized spacial score (nSPS) is 21.3. The van der Waals surface area contributed by atoms with E-state index in [9.17, 15) is 18.4 Å². The highest BCUT2D eigenvalue weighted by Gasteiger charge is 2.37. The summed E-state index contributed by atoms with van der Waals surface area (Å²) in [6.45, 7) is 5.93. The number of hydrogen-bond donors (Lipinski definition) is 0. The highest BCUT2D eigenvalue weighted by atomic mass is 19.3. The molecule has 2 rings (SSSR count). The summed E-state index contributed by atoms with van der Waals surface area (Å²) in [6.07, 6.45) is 0.222. The van der Waals surface area contributed by atoms with Gasteiger partial charge in [0.1, 0.15) is 5.60 Å². The Hall–Kier alpha value is -1.73. The zero-order chi connectivity index (χ0) is 18.8. The van der Waals surface area contributed by atoms with Crippen molar-refractivity contribution < 1.29 is 23.1 Å². The van der Waals surface area contributed by atoms with Crippen molar-refractivity contribution >= 4 is 17.7 Å². The number of carbonyl (C=O) groups excluding carboxylic acids is 2. The van der Waals surface area contributed by atoms with Gasteiger partial charge in [-0.15, -0.1) is 0 Å². The van der Waals surface area contributed by atoms with Crippen LogP contribution in [0.5, 0.6) is 0 Å². The van der Waals surface area contributed by atoms with Crippen LogP contribution in [0.25, 0.3) is 0 Å². The fraction of sp³-hybridized carbons (Fsp3) is 0.824. The zero-order valence-electron chi connectivity index (χ0n) is 15.3. The van der Waals surface area contributed by atoms with E-state index in [-0.39, 0.29) is 37.6 Å². The molecule has 0 spiro atoms. The maximum atomic E-state index is 13.2. The molecule has 1 fully saturated rings. The van der Waals surface area contributed by atoms with E-state index >= 15 is 0 Å². The van der Waals surface area contributed by atoms with E-state index in [4.69, 9.17) is 4.74 Å². The molecule has 25 heavy (non-hydrogen) atoms. The van der Waals surface area contributed by atoms with Crippen molar-refractivity contribution in [3.05, 3.63) is 0 Å². The average Bonchev–Trinajstić information content (AvgIpc) is 2.79. The van der Waals surface area contributed by atoms with Gasteiger partial charge in [-0.05, 0) is 39.5 Å². The molecule has 0 aromatic rings. The maximum Gasteiger partial charge on any atom is 0.410 e. The molecular weight excluding hydrogens is 332 g/mol. The summed E-state index contributed by atoms with van der Waals surface area (Å²) >= 11 is 0. The Balaban J connectivity index is 1.86. The predicted molar refractivity (Wildman–Crippen MR) is 89.5 cm³/mol. The first-order chi connectivity index (χ1) is 11.5. The Labute approximate surface area is 147 Å². The van der Waals surface area contributed by atoms with E-state index in [2.05, 4.69) is 5.10 Å². The minimum Gasteiger partial charge on any atom is -0.444 e. The molecule has 6 nitrogen and oxygen atoms in total. The van der Waals surface area contributed by atoms with Gasteiger partial charge < -0.3 is 9.64 Å². The van der Waals surface area contributed by atoms with E-state index in [1.54, 1.807) is 27.8 Å². The van der Waals surface area contributed by atoms with Gasteiger partial charge in [0.2, 0.25) is 11.8 Å². The van der Waals surface area contributed by atoms with Gasteiger partial charge in [-0.1, -0.05) is 0 Å². The van der Waals surface area contributed by atoms with Crippen LogP contribution in [0.15, 0.2) is 5.10 Å². The van der Waals surface area contributed by atoms with Crippen LogP contribution in [-0.4, -0.2) is 59.3 Å². The molecular formula is C17H27F2N3O3. The zero-order valence-corrected chi connectivity index (χ0v) is 15.3. The van der Waals surface area contributed by atoms with Crippen LogP contribution < -0.4 is 0 Å². The first-order valence-corrected chi connectivity index (χ1v) is 8.64. The Morgan fingerprint density at radius 2 is 1.96 bits per heavy atom. The number of nitrogens with zero attached hydrogens (tertiary/aromatic N) is 3. The second-order valence-corrected chi connectivity index (χ2v) is 7.95. The molecule has 0 aromatic carbocycles. The molecule has 2 aliphatic rings. The Morgan fingerprint density at radius 1 is 1.36 bits per heavy atom. The molecule has 1 saturated carbocycles. The number of rotatable bonds is 4. The first-order valence-electron chi connectivity index (χ1n) is 8.64. The van der Waals surface area contributed by atoms with Crippen LogP contribution in [0.1, 0.15) is 52.9 Å². The van der Waals surface area contributed by atoms with Gasteiger partial charge in [-0.2, -0.15) is 5.10 Å². The molecule has 0 radical (unpaired) electrons. The van der Waals surface area contributed by atoms with Gasteiger partial charge in [-0.25, -0.2) is 18.6 Å². The molecule has 8 heteroatoms.